The molecule has 1 aliphatic heterocycles. The Hall–Kier alpha value is -0.660. The Morgan fingerprint density at radius 2 is 2.10 bits per heavy atom. The van der Waals surface area contributed by atoms with Gasteiger partial charge < -0.3 is 10.2 Å². The number of sulfone groups is 1. The highest BCUT2D eigenvalue weighted by Crippen LogP contribution is 2.35. The van der Waals surface area contributed by atoms with E-state index in [4.69, 9.17) is 4.98 Å². The van der Waals surface area contributed by atoms with Crippen molar-refractivity contribution in [3.8, 4) is 0 Å². The zero-order valence-corrected chi connectivity index (χ0v) is 15.1. The summed E-state index contributed by atoms with van der Waals surface area (Å²) in [6, 6.07) is 0.0522. The first-order valence-electron chi connectivity index (χ1n) is 7.22. The molecule has 2 heterocycles. The fourth-order valence-electron chi connectivity index (χ4n) is 2.59. The lowest BCUT2D eigenvalue weighted by Crippen LogP contribution is -2.32. The molecule has 21 heavy (non-hydrogen) atoms. The average molecular weight is 332 g/mol. The number of rotatable bonds is 4. The van der Waals surface area contributed by atoms with E-state index in [-0.39, 0.29) is 17.2 Å². The van der Waals surface area contributed by atoms with E-state index in [1.165, 1.54) is 4.88 Å². The van der Waals surface area contributed by atoms with E-state index < -0.39 is 9.84 Å². The Labute approximate surface area is 131 Å². The average Bonchev–Trinajstić information content (AvgIpc) is 2.92. The molecule has 1 saturated heterocycles. The first-order valence-corrected chi connectivity index (χ1v) is 9.86. The van der Waals surface area contributed by atoms with Gasteiger partial charge in [0.25, 0.3) is 0 Å². The summed E-state index contributed by atoms with van der Waals surface area (Å²) >= 11 is 1.66. The third-order valence-corrected chi connectivity index (χ3v) is 6.69. The van der Waals surface area contributed by atoms with Crippen LogP contribution in [-0.2, 0) is 21.8 Å². The molecule has 1 aromatic heterocycles. The van der Waals surface area contributed by atoms with Gasteiger partial charge in [0.05, 0.1) is 17.2 Å². The molecule has 1 aliphatic rings. The van der Waals surface area contributed by atoms with Crippen LogP contribution in [0.5, 0.6) is 0 Å². The minimum Gasteiger partial charge on any atom is -0.347 e. The molecule has 1 N–H and O–H groups in total. The van der Waals surface area contributed by atoms with Crippen LogP contribution in [0, 0.1) is 0 Å². The van der Waals surface area contributed by atoms with Crippen molar-refractivity contribution >= 4 is 26.3 Å². The van der Waals surface area contributed by atoms with Gasteiger partial charge in [-0.2, -0.15) is 0 Å². The number of thiazole rings is 1. The summed E-state index contributed by atoms with van der Waals surface area (Å²) < 4.78 is 23.3. The fraction of sp³-hybridized carbons (Fsp3) is 0.786. The van der Waals surface area contributed by atoms with E-state index in [0.29, 0.717) is 12.2 Å². The third kappa shape index (κ3) is 3.76. The molecule has 1 aromatic rings. The smallest absolute Gasteiger partial charge is 0.185 e. The van der Waals surface area contributed by atoms with Crippen molar-refractivity contribution in [3.05, 3.63) is 10.6 Å². The topological polar surface area (TPSA) is 62.3 Å². The number of aromatic nitrogens is 1. The van der Waals surface area contributed by atoms with E-state index in [1.54, 1.807) is 11.3 Å². The van der Waals surface area contributed by atoms with Crippen LogP contribution in [0.3, 0.4) is 0 Å². The molecular weight excluding hydrogens is 306 g/mol. The van der Waals surface area contributed by atoms with Crippen molar-refractivity contribution in [1.82, 2.24) is 10.3 Å². The van der Waals surface area contributed by atoms with E-state index in [1.807, 2.05) is 19.0 Å². The van der Waals surface area contributed by atoms with E-state index in [0.717, 1.165) is 17.4 Å². The molecule has 0 radical (unpaired) electrons. The Kier molecular flexibility index (Phi) is 4.66. The summed E-state index contributed by atoms with van der Waals surface area (Å²) in [5.41, 5.74) is 1.09. The molecule has 1 unspecified atom stereocenters. The zero-order valence-electron chi connectivity index (χ0n) is 13.4. The van der Waals surface area contributed by atoms with Gasteiger partial charge in [-0.25, -0.2) is 13.4 Å². The van der Waals surface area contributed by atoms with Crippen LogP contribution >= 0.6 is 11.3 Å². The lowest BCUT2D eigenvalue weighted by atomic mass is 9.91. The molecule has 0 saturated carbocycles. The molecular formula is C14H25N3O2S2. The lowest BCUT2D eigenvalue weighted by Gasteiger charge is -2.22. The molecule has 0 aliphatic carbocycles. The molecule has 1 atom stereocenters. The summed E-state index contributed by atoms with van der Waals surface area (Å²) in [4.78, 5) is 8.08. The predicted octanol–water partition coefficient (Wildman–Crippen LogP) is 1.78. The number of nitrogens with zero attached hydrogens (tertiary/aromatic N) is 2. The fourth-order valence-corrected chi connectivity index (χ4v) is 5.68. The second-order valence-corrected chi connectivity index (χ2v) is 10.0. The monoisotopic (exact) mass is 331 g/mol. The van der Waals surface area contributed by atoms with Gasteiger partial charge in [-0.05, 0) is 13.5 Å². The van der Waals surface area contributed by atoms with Crippen LogP contribution in [-0.4, -0.2) is 45.0 Å². The lowest BCUT2D eigenvalue weighted by molar-refractivity contribution is 0.561. The van der Waals surface area contributed by atoms with Crippen LogP contribution in [0.15, 0.2) is 0 Å². The molecule has 0 amide bonds. The molecule has 2 rings (SSSR count). The van der Waals surface area contributed by atoms with Gasteiger partial charge in [0.1, 0.15) is 0 Å². The molecule has 0 bridgehead atoms. The molecule has 1 fully saturated rings. The van der Waals surface area contributed by atoms with Gasteiger partial charge >= 0.3 is 0 Å². The van der Waals surface area contributed by atoms with Crippen molar-refractivity contribution in [1.29, 1.82) is 0 Å². The summed E-state index contributed by atoms with van der Waals surface area (Å²) in [6.07, 6.45) is 0.699. The number of anilines is 1. The highest BCUT2D eigenvalue weighted by atomic mass is 32.2. The molecule has 120 valence electrons. The SMILES string of the molecule is CNCc1sc(N(C)C2CCS(=O)(=O)C2)nc1C(C)(C)C. The van der Waals surface area contributed by atoms with Gasteiger partial charge in [0, 0.05) is 29.9 Å². The first kappa shape index (κ1) is 16.7. The van der Waals surface area contributed by atoms with Crippen LogP contribution in [0.2, 0.25) is 0 Å². The summed E-state index contributed by atoms with van der Waals surface area (Å²) in [7, 11) is 1.02. The van der Waals surface area contributed by atoms with Gasteiger partial charge in [-0.1, -0.05) is 20.8 Å². The highest BCUT2D eigenvalue weighted by molar-refractivity contribution is 7.91. The highest BCUT2D eigenvalue weighted by Gasteiger charge is 2.33. The molecule has 0 spiro atoms. The van der Waals surface area contributed by atoms with Gasteiger partial charge in [-0.15, -0.1) is 11.3 Å². The van der Waals surface area contributed by atoms with Crippen molar-refractivity contribution in [3.63, 3.8) is 0 Å². The third-order valence-electron chi connectivity index (χ3n) is 3.79. The Balaban J connectivity index is 2.28. The van der Waals surface area contributed by atoms with Crippen LogP contribution < -0.4 is 10.2 Å². The molecule has 5 nitrogen and oxygen atoms in total. The van der Waals surface area contributed by atoms with Crippen molar-refractivity contribution in [2.45, 2.75) is 45.2 Å². The normalized spacial score (nSPS) is 21.7. The van der Waals surface area contributed by atoms with Crippen molar-refractivity contribution < 1.29 is 8.42 Å². The maximum Gasteiger partial charge on any atom is 0.185 e. The van der Waals surface area contributed by atoms with Crippen molar-refractivity contribution in [2.75, 3.05) is 30.5 Å². The molecule has 0 aromatic carbocycles. The standard InChI is InChI=1S/C14H25N3O2S2/c1-14(2,3)12-11(8-15-4)20-13(16-12)17(5)10-6-7-21(18,19)9-10/h10,15H,6-9H2,1-5H3. The van der Waals surface area contributed by atoms with E-state index in [2.05, 4.69) is 26.1 Å². The largest absolute Gasteiger partial charge is 0.347 e. The number of hydrogen-bond donors (Lipinski definition) is 1. The quantitative estimate of drug-likeness (QED) is 0.911. The second kappa shape index (κ2) is 5.85. The zero-order chi connectivity index (χ0) is 15.8. The number of hydrogen-bond acceptors (Lipinski definition) is 6. The molecule has 7 heteroatoms. The van der Waals surface area contributed by atoms with Crippen LogP contribution in [0.25, 0.3) is 0 Å². The van der Waals surface area contributed by atoms with E-state index in [9.17, 15) is 8.42 Å². The maximum atomic E-state index is 11.7. The maximum absolute atomic E-state index is 11.7. The second-order valence-electron chi connectivity index (χ2n) is 6.72. The number of nitrogens with one attached hydrogen (secondary N) is 1. The van der Waals surface area contributed by atoms with Crippen LogP contribution in [0.4, 0.5) is 5.13 Å². The summed E-state index contributed by atoms with van der Waals surface area (Å²) in [5.74, 6) is 0.540. The minimum absolute atomic E-state index is 0.0104. The minimum atomic E-state index is -2.87. The summed E-state index contributed by atoms with van der Waals surface area (Å²) in [6.45, 7) is 7.27. The Morgan fingerprint density at radius 1 is 1.43 bits per heavy atom. The first-order chi connectivity index (χ1) is 9.64. The Morgan fingerprint density at radius 3 is 2.57 bits per heavy atom. The summed E-state index contributed by atoms with van der Waals surface area (Å²) in [5, 5.41) is 4.11. The van der Waals surface area contributed by atoms with Gasteiger partial charge in [0.15, 0.2) is 15.0 Å². The van der Waals surface area contributed by atoms with Gasteiger partial charge in [-0.3, -0.25) is 0 Å². The van der Waals surface area contributed by atoms with Gasteiger partial charge in [0.2, 0.25) is 0 Å². The van der Waals surface area contributed by atoms with E-state index >= 15 is 0 Å². The Bertz CT molecular complexity index is 602. The van der Waals surface area contributed by atoms with Crippen molar-refractivity contribution in [2.24, 2.45) is 0 Å². The van der Waals surface area contributed by atoms with Crippen LogP contribution in [0.1, 0.15) is 37.8 Å². The predicted molar refractivity (Wildman–Crippen MR) is 89.0 cm³/mol.